The highest BCUT2D eigenvalue weighted by Gasteiger charge is 2.40. The molecule has 0 radical (unpaired) electrons. The molecule has 0 aliphatic carbocycles. The molecule has 1 aliphatic rings. The maximum Gasteiger partial charge on any atom is 0.316 e. The van der Waals surface area contributed by atoms with Gasteiger partial charge in [0, 0.05) is 37.6 Å². The van der Waals surface area contributed by atoms with Gasteiger partial charge in [-0.05, 0) is 11.3 Å². The summed E-state index contributed by atoms with van der Waals surface area (Å²) in [4.78, 5) is 10.7. The molecule has 0 saturated carbocycles. The van der Waals surface area contributed by atoms with Crippen molar-refractivity contribution in [2.24, 2.45) is 11.3 Å². The summed E-state index contributed by atoms with van der Waals surface area (Å²) in [6, 6.07) is 0.435. The topological polar surface area (TPSA) is 38.2 Å². The monoisotopic (exact) mass is 235 g/mol. The molecule has 0 amide bonds. The van der Waals surface area contributed by atoms with Gasteiger partial charge in [0.25, 0.3) is 0 Å². The van der Waals surface area contributed by atoms with Crippen molar-refractivity contribution in [2.45, 2.75) is 27.3 Å². The molecule has 0 aromatic carbocycles. The van der Waals surface area contributed by atoms with Crippen molar-refractivity contribution in [2.75, 3.05) is 20.2 Å². The fraction of sp³-hybridized carbons (Fsp3) is 0.692. The van der Waals surface area contributed by atoms with Gasteiger partial charge in [0.1, 0.15) is 0 Å². The van der Waals surface area contributed by atoms with E-state index >= 15 is 0 Å². The third-order valence-electron chi connectivity index (χ3n) is 3.83. The van der Waals surface area contributed by atoms with Crippen LogP contribution in [0.15, 0.2) is 12.4 Å². The maximum atomic E-state index is 4.94. The van der Waals surface area contributed by atoms with Crippen LogP contribution in [0.1, 0.15) is 26.3 Å². The Morgan fingerprint density at radius 3 is 2.41 bits per heavy atom. The SMILES string of the molecule is COc1ncc(CN2CC(C)(C(C)C)C2)cn1. The summed E-state index contributed by atoms with van der Waals surface area (Å²) in [5.74, 6) is 0.742. The Hall–Kier alpha value is -1.16. The van der Waals surface area contributed by atoms with Gasteiger partial charge in [-0.15, -0.1) is 0 Å². The number of hydrogen-bond acceptors (Lipinski definition) is 4. The summed E-state index contributed by atoms with van der Waals surface area (Å²) in [7, 11) is 1.58. The molecular formula is C13H21N3O. The first kappa shape index (κ1) is 12.3. The number of hydrogen-bond donors (Lipinski definition) is 0. The quantitative estimate of drug-likeness (QED) is 0.799. The van der Waals surface area contributed by atoms with Gasteiger partial charge in [-0.1, -0.05) is 20.8 Å². The van der Waals surface area contributed by atoms with Crippen LogP contribution in [0, 0.1) is 11.3 Å². The summed E-state index contributed by atoms with van der Waals surface area (Å²) < 4.78 is 4.94. The lowest BCUT2D eigenvalue weighted by molar-refractivity contribution is -0.0264. The van der Waals surface area contributed by atoms with Crippen LogP contribution in [0.2, 0.25) is 0 Å². The number of rotatable bonds is 4. The van der Waals surface area contributed by atoms with Gasteiger partial charge < -0.3 is 4.74 Å². The van der Waals surface area contributed by atoms with Crippen LogP contribution in [0.5, 0.6) is 6.01 Å². The molecule has 0 spiro atoms. The van der Waals surface area contributed by atoms with Crippen molar-refractivity contribution in [1.29, 1.82) is 0 Å². The first-order chi connectivity index (χ1) is 8.03. The molecule has 1 aliphatic heterocycles. The highest BCUT2D eigenvalue weighted by molar-refractivity contribution is 5.09. The van der Waals surface area contributed by atoms with Gasteiger partial charge in [-0.25, -0.2) is 9.97 Å². The minimum atomic E-state index is 0.435. The summed E-state index contributed by atoms with van der Waals surface area (Å²) >= 11 is 0. The van der Waals surface area contributed by atoms with Crippen molar-refractivity contribution in [3.63, 3.8) is 0 Å². The van der Waals surface area contributed by atoms with Crippen LogP contribution in [-0.2, 0) is 6.54 Å². The lowest BCUT2D eigenvalue weighted by Gasteiger charge is -2.51. The fourth-order valence-electron chi connectivity index (χ4n) is 2.24. The highest BCUT2D eigenvalue weighted by Crippen LogP contribution is 2.37. The summed E-state index contributed by atoms with van der Waals surface area (Å²) in [5.41, 5.74) is 1.63. The van der Waals surface area contributed by atoms with E-state index in [0.717, 1.165) is 31.1 Å². The summed E-state index contributed by atoms with van der Waals surface area (Å²) in [6.45, 7) is 10.2. The van der Waals surface area contributed by atoms with E-state index < -0.39 is 0 Å². The molecule has 94 valence electrons. The predicted molar refractivity (Wildman–Crippen MR) is 66.8 cm³/mol. The third kappa shape index (κ3) is 2.57. The molecular weight excluding hydrogens is 214 g/mol. The number of nitrogens with zero attached hydrogens (tertiary/aromatic N) is 3. The normalized spacial score (nSPS) is 19.1. The van der Waals surface area contributed by atoms with Crippen LogP contribution < -0.4 is 4.74 Å². The second-order valence-electron chi connectivity index (χ2n) is 5.53. The van der Waals surface area contributed by atoms with E-state index in [9.17, 15) is 0 Å². The number of methoxy groups -OCH3 is 1. The standard InChI is InChI=1S/C13H21N3O/c1-10(2)13(3)8-16(9-13)7-11-5-14-12(17-4)15-6-11/h5-6,10H,7-9H2,1-4H3. The molecule has 1 saturated heterocycles. The molecule has 17 heavy (non-hydrogen) atoms. The second kappa shape index (κ2) is 4.61. The molecule has 0 atom stereocenters. The van der Waals surface area contributed by atoms with Crippen molar-refractivity contribution >= 4 is 0 Å². The molecule has 0 N–H and O–H groups in total. The summed E-state index contributed by atoms with van der Waals surface area (Å²) in [6.07, 6.45) is 3.69. The lowest BCUT2D eigenvalue weighted by atomic mass is 9.72. The van der Waals surface area contributed by atoms with Crippen molar-refractivity contribution in [1.82, 2.24) is 14.9 Å². The van der Waals surface area contributed by atoms with Gasteiger partial charge in [0.2, 0.25) is 0 Å². The number of likely N-dealkylation sites (tertiary alicyclic amines) is 1. The van der Waals surface area contributed by atoms with Crippen molar-refractivity contribution in [3.05, 3.63) is 18.0 Å². The first-order valence-electron chi connectivity index (χ1n) is 6.11. The molecule has 1 aromatic rings. The van der Waals surface area contributed by atoms with Gasteiger partial charge in [-0.2, -0.15) is 0 Å². The highest BCUT2D eigenvalue weighted by atomic mass is 16.5. The van der Waals surface area contributed by atoms with E-state index in [4.69, 9.17) is 4.74 Å². The minimum Gasteiger partial charge on any atom is -0.467 e. The lowest BCUT2D eigenvalue weighted by Crippen LogP contribution is -2.56. The smallest absolute Gasteiger partial charge is 0.316 e. The zero-order valence-corrected chi connectivity index (χ0v) is 11.1. The first-order valence-corrected chi connectivity index (χ1v) is 6.11. The van der Waals surface area contributed by atoms with Crippen LogP contribution in [-0.4, -0.2) is 35.1 Å². The molecule has 0 bridgehead atoms. The average Bonchev–Trinajstić information content (AvgIpc) is 2.27. The van der Waals surface area contributed by atoms with Crippen molar-refractivity contribution < 1.29 is 4.74 Å². The van der Waals surface area contributed by atoms with Gasteiger partial charge in [0.05, 0.1) is 7.11 Å². The molecule has 4 heteroatoms. The molecule has 2 rings (SSSR count). The number of aromatic nitrogens is 2. The Morgan fingerprint density at radius 2 is 1.94 bits per heavy atom. The van der Waals surface area contributed by atoms with Crippen LogP contribution >= 0.6 is 0 Å². The Labute approximate surface area is 103 Å². The van der Waals surface area contributed by atoms with E-state index in [1.807, 2.05) is 12.4 Å². The van der Waals surface area contributed by atoms with E-state index in [1.54, 1.807) is 7.11 Å². The largest absolute Gasteiger partial charge is 0.467 e. The van der Waals surface area contributed by atoms with E-state index in [0.29, 0.717) is 11.4 Å². The molecule has 2 heterocycles. The maximum absolute atomic E-state index is 4.94. The predicted octanol–water partition coefficient (Wildman–Crippen LogP) is 1.96. The zero-order valence-electron chi connectivity index (χ0n) is 11.1. The molecule has 1 aromatic heterocycles. The van der Waals surface area contributed by atoms with E-state index in [-0.39, 0.29) is 0 Å². The van der Waals surface area contributed by atoms with Crippen LogP contribution in [0.3, 0.4) is 0 Å². The Bertz CT molecular complexity index is 369. The van der Waals surface area contributed by atoms with Crippen LogP contribution in [0.4, 0.5) is 0 Å². The third-order valence-corrected chi connectivity index (χ3v) is 3.83. The zero-order chi connectivity index (χ0) is 12.5. The second-order valence-corrected chi connectivity index (χ2v) is 5.53. The average molecular weight is 235 g/mol. The molecule has 0 unspecified atom stereocenters. The van der Waals surface area contributed by atoms with Crippen LogP contribution in [0.25, 0.3) is 0 Å². The Kier molecular flexibility index (Phi) is 3.33. The van der Waals surface area contributed by atoms with Gasteiger partial charge in [-0.3, -0.25) is 4.90 Å². The minimum absolute atomic E-state index is 0.435. The van der Waals surface area contributed by atoms with E-state index in [1.165, 1.54) is 0 Å². The molecule has 4 nitrogen and oxygen atoms in total. The fourth-order valence-corrected chi connectivity index (χ4v) is 2.24. The Balaban J connectivity index is 1.87. The Morgan fingerprint density at radius 1 is 1.35 bits per heavy atom. The number of ether oxygens (including phenoxy) is 1. The van der Waals surface area contributed by atoms with Crippen molar-refractivity contribution in [3.8, 4) is 6.01 Å². The molecule has 1 fully saturated rings. The van der Waals surface area contributed by atoms with Gasteiger partial charge in [0.15, 0.2) is 0 Å². The van der Waals surface area contributed by atoms with E-state index in [2.05, 4.69) is 35.6 Å². The summed E-state index contributed by atoms with van der Waals surface area (Å²) in [5, 5.41) is 0. The van der Waals surface area contributed by atoms with Gasteiger partial charge >= 0.3 is 6.01 Å².